The maximum absolute atomic E-state index is 2.70. The highest BCUT2D eigenvalue weighted by molar-refractivity contribution is 5.85. The van der Waals surface area contributed by atoms with Crippen LogP contribution in [0, 0.1) is 5.41 Å². The van der Waals surface area contributed by atoms with Crippen molar-refractivity contribution in [3.8, 4) is 0 Å². The Hall–Kier alpha value is -0.930. The Morgan fingerprint density at radius 3 is 2.20 bits per heavy atom. The van der Waals surface area contributed by atoms with Crippen molar-refractivity contribution in [2.24, 2.45) is 5.41 Å². The van der Waals surface area contributed by atoms with E-state index in [-0.39, 0.29) is 12.4 Å². The van der Waals surface area contributed by atoms with Crippen molar-refractivity contribution in [2.75, 3.05) is 55.6 Å². The first kappa shape index (κ1) is 23.7. The van der Waals surface area contributed by atoms with Gasteiger partial charge in [0.15, 0.2) is 0 Å². The predicted octanol–water partition coefficient (Wildman–Crippen LogP) is 6.31. The smallest absolute Gasteiger partial charge is 0.0404 e. The lowest BCUT2D eigenvalue weighted by molar-refractivity contribution is 0.224. The number of anilines is 2. The number of nitrogens with zero attached hydrogens (tertiary/aromatic N) is 3. The van der Waals surface area contributed by atoms with Gasteiger partial charge in [0.25, 0.3) is 0 Å². The van der Waals surface area contributed by atoms with Crippen LogP contribution >= 0.6 is 12.4 Å². The van der Waals surface area contributed by atoms with Gasteiger partial charge in [-0.1, -0.05) is 27.2 Å². The Balaban J connectivity index is 0.00000256. The lowest BCUT2D eigenvalue weighted by Crippen LogP contribution is -2.47. The quantitative estimate of drug-likeness (QED) is 0.520. The molecule has 2 aliphatic heterocycles. The molecule has 2 heterocycles. The van der Waals surface area contributed by atoms with Gasteiger partial charge < -0.3 is 9.80 Å². The molecule has 1 aromatic rings. The highest BCUT2D eigenvalue weighted by Crippen LogP contribution is 2.45. The SMILES string of the molecule is CCCCN1CCN(c2ccc(N3CCCC3)cc2C2CCC(C)(C)CC2)CC1.Cl. The summed E-state index contributed by atoms with van der Waals surface area (Å²) in [6.07, 6.45) is 10.8. The highest BCUT2D eigenvalue weighted by Gasteiger charge is 2.30. The van der Waals surface area contributed by atoms with Crippen LogP contribution in [-0.4, -0.2) is 50.7 Å². The van der Waals surface area contributed by atoms with Crippen LogP contribution < -0.4 is 9.80 Å². The molecule has 0 spiro atoms. The molecule has 1 aliphatic carbocycles. The predicted molar refractivity (Wildman–Crippen MR) is 134 cm³/mol. The van der Waals surface area contributed by atoms with Gasteiger partial charge >= 0.3 is 0 Å². The number of rotatable bonds is 6. The van der Waals surface area contributed by atoms with Crippen LogP contribution in [0.2, 0.25) is 0 Å². The fraction of sp³-hybridized carbons (Fsp3) is 0.769. The van der Waals surface area contributed by atoms with Gasteiger partial charge in [-0.25, -0.2) is 0 Å². The fourth-order valence-electron chi connectivity index (χ4n) is 5.63. The zero-order valence-electron chi connectivity index (χ0n) is 19.7. The summed E-state index contributed by atoms with van der Waals surface area (Å²) in [5.74, 6) is 0.749. The van der Waals surface area contributed by atoms with Gasteiger partial charge in [-0.15, -0.1) is 12.4 Å². The van der Waals surface area contributed by atoms with Crippen LogP contribution in [0.5, 0.6) is 0 Å². The summed E-state index contributed by atoms with van der Waals surface area (Å²) in [4.78, 5) is 7.98. The fourth-order valence-corrected chi connectivity index (χ4v) is 5.63. The van der Waals surface area contributed by atoms with Crippen molar-refractivity contribution in [1.29, 1.82) is 0 Å². The second-order valence-corrected chi connectivity index (χ2v) is 10.6. The first-order valence-corrected chi connectivity index (χ1v) is 12.4. The standard InChI is InChI=1S/C26H43N3.ClH/c1-4-5-14-27-17-19-29(20-18-27)25-9-8-23(28-15-6-7-16-28)21-24(25)22-10-12-26(2,3)13-11-22;/h8-9,21-22H,4-7,10-20H2,1-3H3;1H. The number of hydrogen-bond acceptors (Lipinski definition) is 3. The third-order valence-electron chi connectivity index (χ3n) is 7.80. The van der Waals surface area contributed by atoms with Crippen molar-refractivity contribution in [2.45, 2.75) is 78.1 Å². The van der Waals surface area contributed by atoms with Crippen molar-refractivity contribution in [1.82, 2.24) is 4.90 Å². The molecule has 2 saturated heterocycles. The Kier molecular flexibility index (Phi) is 8.38. The molecular formula is C26H44ClN3. The van der Waals surface area contributed by atoms with E-state index in [9.17, 15) is 0 Å². The Labute approximate surface area is 191 Å². The number of benzene rings is 1. The Morgan fingerprint density at radius 1 is 0.900 bits per heavy atom. The summed E-state index contributed by atoms with van der Waals surface area (Å²) < 4.78 is 0. The molecule has 0 N–H and O–H groups in total. The molecule has 3 nitrogen and oxygen atoms in total. The van der Waals surface area contributed by atoms with E-state index in [2.05, 4.69) is 53.7 Å². The Bertz CT molecular complexity index is 650. The van der Waals surface area contributed by atoms with Gasteiger partial charge in [0.05, 0.1) is 0 Å². The van der Waals surface area contributed by atoms with Crippen LogP contribution in [-0.2, 0) is 0 Å². The minimum Gasteiger partial charge on any atom is -0.372 e. The largest absolute Gasteiger partial charge is 0.372 e. The van der Waals surface area contributed by atoms with Gasteiger partial charge in [0.1, 0.15) is 0 Å². The molecule has 4 rings (SSSR count). The van der Waals surface area contributed by atoms with E-state index >= 15 is 0 Å². The summed E-state index contributed by atoms with van der Waals surface area (Å²) in [5, 5.41) is 0. The molecule has 0 aromatic heterocycles. The molecule has 0 atom stereocenters. The lowest BCUT2D eigenvalue weighted by atomic mass is 9.71. The molecule has 0 radical (unpaired) electrons. The minimum absolute atomic E-state index is 0. The minimum atomic E-state index is 0. The highest BCUT2D eigenvalue weighted by atomic mass is 35.5. The van der Waals surface area contributed by atoms with Crippen LogP contribution in [0.4, 0.5) is 11.4 Å². The van der Waals surface area contributed by atoms with E-state index in [1.807, 2.05) is 0 Å². The monoisotopic (exact) mass is 433 g/mol. The summed E-state index contributed by atoms with van der Waals surface area (Å²) in [7, 11) is 0. The van der Waals surface area contributed by atoms with E-state index in [0.717, 1.165) is 5.92 Å². The van der Waals surface area contributed by atoms with Crippen LogP contribution in [0.15, 0.2) is 18.2 Å². The molecule has 170 valence electrons. The van der Waals surface area contributed by atoms with Gasteiger partial charge in [-0.3, -0.25) is 4.90 Å². The van der Waals surface area contributed by atoms with Gasteiger partial charge in [-0.05, 0) is 86.6 Å². The number of hydrogen-bond donors (Lipinski definition) is 0. The molecule has 3 aliphatic rings. The van der Waals surface area contributed by atoms with E-state index in [1.54, 1.807) is 11.3 Å². The molecular weight excluding hydrogens is 390 g/mol. The van der Waals surface area contributed by atoms with E-state index in [4.69, 9.17) is 0 Å². The summed E-state index contributed by atoms with van der Waals surface area (Å²) >= 11 is 0. The van der Waals surface area contributed by atoms with E-state index < -0.39 is 0 Å². The van der Waals surface area contributed by atoms with Crippen molar-refractivity contribution in [3.63, 3.8) is 0 Å². The lowest BCUT2D eigenvalue weighted by Gasteiger charge is -2.40. The summed E-state index contributed by atoms with van der Waals surface area (Å²) in [5.41, 5.74) is 5.22. The summed E-state index contributed by atoms with van der Waals surface area (Å²) in [6, 6.07) is 7.48. The molecule has 4 heteroatoms. The maximum Gasteiger partial charge on any atom is 0.0404 e. The molecule has 1 saturated carbocycles. The van der Waals surface area contributed by atoms with E-state index in [1.165, 1.54) is 103 Å². The molecule has 1 aromatic carbocycles. The van der Waals surface area contributed by atoms with Crippen LogP contribution in [0.1, 0.15) is 83.6 Å². The van der Waals surface area contributed by atoms with Crippen LogP contribution in [0.25, 0.3) is 0 Å². The van der Waals surface area contributed by atoms with Gasteiger partial charge in [-0.2, -0.15) is 0 Å². The van der Waals surface area contributed by atoms with Gasteiger partial charge in [0.2, 0.25) is 0 Å². The zero-order chi connectivity index (χ0) is 20.3. The zero-order valence-corrected chi connectivity index (χ0v) is 20.5. The summed E-state index contributed by atoms with van der Waals surface area (Å²) in [6.45, 7) is 15.8. The topological polar surface area (TPSA) is 9.72 Å². The first-order chi connectivity index (χ1) is 14.1. The first-order valence-electron chi connectivity index (χ1n) is 12.4. The number of halogens is 1. The normalized spacial score (nSPS) is 22.9. The molecule has 0 bridgehead atoms. The average Bonchev–Trinajstić information content (AvgIpc) is 3.27. The number of piperazine rings is 1. The maximum atomic E-state index is 2.70. The number of unbranched alkanes of at least 4 members (excludes halogenated alkanes) is 1. The van der Waals surface area contributed by atoms with Crippen molar-refractivity contribution in [3.05, 3.63) is 23.8 Å². The second-order valence-electron chi connectivity index (χ2n) is 10.6. The average molecular weight is 434 g/mol. The molecule has 3 fully saturated rings. The molecule has 0 unspecified atom stereocenters. The van der Waals surface area contributed by atoms with Crippen molar-refractivity contribution < 1.29 is 0 Å². The van der Waals surface area contributed by atoms with E-state index in [0.29, 0.717) is 5.41 Å². The van der Waals surface area contributed by atoms with Crippen molar-refractivity contribution >= 4 is 23.8 Å². The molecule has 0 amide bonds. The third kappa shape index (κ3) is 5.65. The molecule has 30 heavy (non-hydrogen) atoms. The Morgan fingerprint density at radius 2 is 1.57 bits per heavy atom. The third-order valence-corrected chi connectivity index (χ3v) is 7.80. The van der Waals surface area contributed by atoms with Gasteiger partial charge in [0, 0.05) is 50.6 Å². The van der Waals surface area contributed by atoms with Crippen LogP contribution in [0.3, 0.4) is 0 Å². The second kappa shape index (κ2) is 10.6.